The van der Waals surface area contributed by atoms with Crippen LogP contribution in [0.25, 0.3) is 11.3 Å². The van der Waals surface area contributed by atoms with Gasteiger partial charge in [0.2, 0.25) is 5.88 Å². The van der Waals surface area contributed by atoms with Gasteiger partial charge < -0.3 is 20.1 Å². The summed E-state index contributed by atoms with van der Waals surface area (Å²) in [4.78, 5) is 0. The van der Waals surface area contributed by atoms with Gasteiger partial charge in [-0.2, -0.15) is 0 Å². The lowest BCUT2D eigenvalue weighted by molar-refractivity contribution is 0.373. The van der Waals surface area contributed by atoms with Crippen LogP contribution in [0, 0.1) is 0 Å². The van der Waals surface area contributed by atoms with Gasteiger partial charge in [0.15, 0.2) is 11.5 Å². The fraction of sp³-hybridized carbons (Fsp3) is 0.100. The van der Waals surface area contributed by atoms with Crippen molar-refractivity contribution in [3.63, 3.8) is 0 Å². The summed E-state index contributed by atoms with van der Waals surface area (Å²) in [5.74, 6) is 0.536. The second kappa shape index (κ2) is 4.05. The summed E-state index contributed by atoms with van der Waals surface area (Å²) in [5, 5.41) is 13.7. The minimum Gasteiger partial charge on any atom is -0.504 e. The maximum absolute atomic E-state index is 9.95. The summed E-state index contributed by atoms with van der Waals surface area (Å²) in [5.41, 5.74) is 6.36. The fourth-order valence-electron chi connectivity index (χ4n) is 1.36. The zero-order valence-corrected chi connectivity index (χ0v) is 9.98. The minimum atomic E-state index is -0.00910. The number of phenolic OH excluding ortho intramolecular Hbond substituents is 1. The van der Waals surface area contributed by atoms with Crippen LogP contribution in [-0.4, -0.2) is 17.4 Å². The smallest absolute Gasteiger partial charge is 0.222 e. The van der Waals surface area contributed by atoms with Crippen LogP contribution in [0.15, 0.2) is 27.2 Å². The summed E-state index contributed by atoms with van der Waals surface area (Å²) >= 11 is 3.32. The van der Waals surface area contributed by atoms with Gasteiger partial charge in [-0.1, -0.05) is 5.16 Å². The van der Waals surface area contributed by atoms with Crippen molar-refractivity contribution in [3.05, 3.63) is 22.7 Å². The molecule has 0 radical (unpaired) electrons. The third-order valence-electron chi connectivity index (χ3n) is 2.09. The molecular weight excluding hydrogens is 276 g/mol. The lowest BCUT2D eigenvalue weighted by Crippen LogP contribution is -1.87. The van der Waals surface area contributed by atoms with Gasteiger partial charge in [0.1, 0.15) is 5.69 Å². The highest BCUT2D eigenvalue weighted by Gasteiger charge is 2.16. The molecule has 5 nitrogen and oxygen atoms in total. The van der Waals surface area contributed by atoms with Crippen molar-refractivity contribution in [2.24, 2.45) is 0 Å². The first-order valence-electron chi connectivity index (χ1n) is 4.41. The quantitative estimate of drug-likeness (QED) is 0.885. The number of hydrogen-bond donors (Lipinski definition) is 2. The molecule has 0 fully saturated rings. The van der Waals surface area contributed by atoms with Crippen molar-refractivity contribution >= 4 is 21.8 Å². The molecule has 0 spiro atoms. The number of halogens is 1. The Hall–Kier alpha value is -1.69. The zero-order chi connectivity index (χ0) is 11.7. The van der Waals surface area contributed by atoms with E-state index in [1.165, 1.54) is 13.2 Å². The predicted molar refractivity (Wildman–Crippen MR) is 62.3 cm³/mol. The van der Waals surface area contributed by atoms with Crippen molar-refractivity contribution in [1.29, 1.82) is 0 Å². The molecule has 0 atom stereocenters. The van der Waals surface area contributed by atoms with Crippen molar-refractivity contribution in [1.82, 2.24) is 5.16 Å². The van der Waals surface area contributed by atoms with Gasteiger partial charge in [0.05, 0.1) is 12.7 Å². The number of nitrogen functional groups attached to an aromatic ring is 1. The van der Waals surface area contributed by atoms with Crippen LogP contribution in [0.2, 0.25) is 0 Å². The molecule has 2 aromatic rings. The molecule has 0 saturated carbocycles. The number of aromatic nitrogens is 1. The Labute approximate surface area is 99.9 Å². The van der Waals surface area contributed by atoms with Crippen molar-refractivity contribution in [3.8, 4) is 22.8 Å². The highest BCUT2D eigenvalue weighted by Crippen LogP contribution is 2.41. The van der Waals surface area contributed by atoms with E-state index < -0.39 is 0 Å². The molecule has 1 heterocycles. The van der Waals surface area contributed by atoms with Crippen LogP contribution in [0.5, 0.6) is 11.5 Å². The molecule has 0 aliphatic carbocycles. The van der Waals surface area contributed by atoms with E-state index in [9.17, 15) is 5.11 Å². The second-order valence-corrected chi connectivity index (χ2v) is 3.94. The van der Waals surface area contributed by atoms with E-state index in [0.717, 1.165) is 0 Å². The van der Waals surface area contributed by atoms with E-state index in [1.54, 1.807) is 12.1 Å². The normalized spacial score (nSPS) is 10.4. The average Bonchev–Trinajstić information content (AvgIpc) is 2.65. The number of rotatable bonds is 2. The SMILES string of the molecule is COc1ccc(Br)c(-c2cc(N)on2)c1O. The lowest BCUT2D eigenvalue weighted by atomic mass is 10.1. The molecule has 0 amide bonds. The van der Waals surface area contributed by atoms with E-state index >= 15 is 0 Å². The van der Waals surface area contributed by atoms with Crippen LogP contribution in [-0.2, 0) is 0 Å². The molecule has 0 bridgehead atoms. The Morgan fingerprint density at radius 3 is 2.81 bits per heavy atom. The van der Waals surface area contributed by atoms with Gasteiger partial charge in [0, 0.05) is 10.5 Å². The Balaban J connectivity index is 2.63. The van der Waals surface area contributed by atoms with Gasteiger partial charge in [-0.15, -0.1) is 0 Å². The standard InChI is InChI=1S/C10H9BrN2O3/c1-15-7-3-2-5(11)9(10(7)14)6-4-8(12)16-13-6/h2-4,14H,12H2,1H3. The Kier molecular flexibility index (Phi) is 2.74. The van der Waals surface area contributed by atoms with Crippen molar-refractivity contribution in [2.45, 2.75) is 0 Å². The number of nitrogens with zero attached hydrogens (tertiary/aromatic N) is 1. The van der Waals surface area contributed by atoms with Gasteiger partial charge in [-0.3, -0.25) is 0 Å². The fourth-order valence-corrected chi connectivity index (χ4v) is 1.89. The molecule has 3 N–H and O–H groups in total. The Morgan fingerprint density at radius 2 is 2.25 bits per heavy atom. The van der Waals surface area contributed by atoms with Crippen LogP contribution >= 0.6 is 15.9 Å². The molecular formula is C10H9BrN2O3. The number of methoxy groups -OCH3 is 1. The van der Waals surface area contributed by atoms with Crippen molar-refractivity contribution < 1.29 is 14.4 Å². The summed E-state index contributed by atoms with van der Waals surface area (Å²) in [7, 11) is 1.48. The Morgan fingerprint density at radius 1 is 1.50 bits per heavy atom. The molecule has 0 saturated heterocycles. The van der Waals surface area contributed by atoms with E-state index in [4.69, 9.17) is 15.0 Å². The lowest BCUT2D eigenvalue weighted by Gasteiger charge is -2.08. The minimum absolute atomic E-state index is 0.00910. The molecule has 84 valence electrons. The first-order chi connectivity index (χ1) is 7.63. The number of hydrogen-bond acceptors (Lipinski definition) is 5. The topological polar surface area (TPSA) is 81.5 Å². The molecule has 0 aliphatic heterocycles. The van der Waals surface area contributed by atoms with Crippen molar-refractivity contribution in [2.75, 3.05) is 12.8 Å². The molecule has 1 aromatic heterocycles. The molecule has 0 aliphatic rings. The van der Waals surface area contributed by atoms with Crippen LogP contribution < -0.4 is 10.5 Å². The third-order valence-corrected chi connectivity index (χ3v) is 2.76. The summed E-state index contributed by atoms with van der Waals surface area (Å²) in [6.07, 6.45) is 0. The number of benzene rings is 1. The van der Waals surface area contributed by atoms with Crippen LogP contribution in [0.4, 0.5) is 5.88 Å². The number of anilines is 1. The number of nitrogens with two attached hydrogens (primary N) is 1. The average molecular weight is 285 g/mol. The molecule has 2 rings (SSSR count). The summed E-state index contributed by atoms with van der Waals surface area (Å²) in [6, 6.07) is 4.92. The predicted octanol–water partition coefficient (Wildman–Crippen LogP) is 2.40. The highest BCUT2D eigenvalue weighted by molar-refractivity contribution is 9.10. The largest absolute Gasteiger partial charge is 0.504 e. The van der Waals surface area contributed by atoms with Gasteiger partial charge in [-0.05, 0) is 28.1 Å². The molecule has 0 unspecified atom stereocenters. The number of ether oxygens (including phenoxy) is 1. The van der Waals surface area contributed by atoms with E-state index in [2.05, 4.69) is 21.1 Å². The molecule has 16 heavy (non-hydrogen) atoms. The Bertz CT molecular complexity index is 525. The van der Waals surface area contributed by atoms with Gasteiger partial charge in [-0.25, -0.2) is 0 Å². The maximum Gasteiger partial charge on any atom is 0.222 e. The second-order valence-electron chi connectivity index (χ2n) is 3.09. The van der Waals surface area contributed by atoms with E-state index in [-0.39, 0.29) is 11.6 Å². The van der Waals surface area contributed by atoms with E-state index in [1.807, 2.05) is 0 Å². The highest BCUT2D eigenvalue weighted by atomic mass is 79.9. The number of aromatic hydroxyl groups is 1. The first kappa shape index (κ1) is 10.8. The molecule has 6 heteroatoms. The number of phenols is 1. The first-order valence-corrected chi connectivity index (χ1v) is 5.20. The maximum atomic E-state index is 9.95. The molecule has 1 aromatic carbocycles. The zero-order valence-electron chi connectivity index (χ0n) is 8.40. The third kappa shape index (κ3) is 1.71. The summed E-state index contributed by atoms with van der Waals surface area (Å²) in [6.45, 7) is 0. The van der Waals surface area contributed by atoms with Crippen LogP contribution in [0.3, 0.4) is 0 Å². The van der Waals surface area contributed by atoms with Gasteiger partial charge in [0.25, 0.3) is 0 Å². The van der Waals surface area contributed by atoms with Crippen LogP contribution in [0.1, 0.15) is 0 Å². The van der Waals surface area contributed by atoms with Gasteiger partial charge >= 0.3 is 0 Å². The monoisotopic (exact) mass is 284 g/mol. The van der Waals surface area contributed by atoms with E-state index in [0.29, 0.717) is 21.5 Å². The summed E-state index contributed by atoms with van der Waals surface area (Å²) < 4.78 is 10.4.